The molecule has 0 radical (unpaired) electrons. The minimum Gasteiger partial charge on any atom is -0.464 e. The van der Waals surface area contributed by atoms with Crippen molar-refractivity contribution in [3.05, 3.63) is 42.2 Å². The van der Waals surface area contributed by atoms with Gasteiger partial charge >= 0.3 is 0 Å². The summed E-state index contributed by atoms with van der Waals surface area (Å²) in [6.07, 6.45) is 5.45. The van der Waals surface area contributed by atoms with Crippen molar-refractivity contribution in [1.29, 1.82) is 5.26 Å². The quantitative estimate of drug-likeness (QED) is 0.816. The van der Waals surface area contributed by atoms with Gasteiger partial charge in [0.25, 0.3) is 0 Å². The molecule has 1 aromatic heterocycles. The van der Waals surface area contributed by atoms with E-state index in [9.17, 15) is 0 Å². The fourth-order valence-electron chi connectivity index (χ4n) is 2.65. The van der Waals surface area contributed by atoms with Crippen LogP contribution in [0.3, 0.4) is 0 Å². The van der Waals surface area contributed by atoms with Crippen LogP contribution in [0.1, 0.15) is 24.8 Å². The first-order chi connectivity index (χ1) is 9.38. The summed E-state index contributed by atoms with van der Waals surface area (Å²) in [5.74, 6) is 0.831. The number of rotatable bonds is 2. The van der Waals surface area contributed by atoms with E-state index in [-0.39, 0.29) is 0 Å². The summed E-state index contributed by atoms with van der Waals surface area (Å²) < 4.78 is 5.51. The smallest absolute Gasteiger partial charge is 0.135 e. The molecule has 0 unspecified atom stereocenters. The molecule has 0 aliphatic carbocycles. The van der Waals surface area contributed by atoms with Crippen molar-refractivity contribution < 1.29 is 4.42 Å². The Morgan fingerprint density at radius 1 is 1.11 bits per heavy atom. The number of hydrogen-bond donors (Lipinski definition) is 0. The van der Waals surface area contributed by atoms with Gasteiger partial charge in [0.2, 0.25) is 0 Å². The second kappa shape index (κ2) is 5.19. The summed E-state index contributed by atoms with van der Waals surface area (Å²) in [4.78, 5) is 2.39. The molecule has 0 saturated carbocycles. The van der Waals surface area contributed by atoms with Gasteiger partial charge in [-0.3, -0.25) is 0 Å². The number of piperidine rings is 1. The average Bonchev–Trinajstić information content (AvgIpc) is 3.01. The molecule has 3 rings (SSSR count). The monoisotopic (exact) mass is 252 g/mol. The summed E-state index contributed by atoms with van der Waals surface area (Å²) >= 11 is 0. The lowest BCUT2D eigenvalue weighted by molar-refractivity contribution is 0.571. The zero-order valence-electron chi connectivity index (χ0n) is 10.8. The Labute approximate surface area is 113 Å². The third-order valence-electron chi connectivity index (χ3n) is 3.61. The van der Waals surface area contributed by atoms with Crippen LogP contribution in [0.4, 0.5) is 5.69 Å². The Morgan fingerprint density at radius 2 is 1.95 bits per heavy atom. The van der Waals surface area contributed by atoms with Crippen LogP contribution in [-0.2, 0) is 0 Å². The first-order valence-corrected chi connectivity index (χ1v) is 6.71. The SMILES string of the molecule is N#Cc1ccc(N2CCCCC2)c(-c2ccco2)c1. The number of benzene rings is 1. The van der Waals surface area contributed by atoms with Gasteiger partial charge in [-0.25, -0.2) is 0 Å². The lowest BCUT2D eigenvalue weighted by Gasteiger charge is -2.30. The maximum atomic E-state index is 9.07. The van der Waals surface area contributed by atoms with Crippen LogP contribution in [0.5, 0.6) is 0 Å². The molecule has 0 spiro atoms. The van der Waals surface area contributed by atoms with Gasteiger partial charge in [0, 0.05) is 24.3 Å². The predicted molar refractivity (Wildman–Crippen MR) is 74.9 cm³/mol. The van der Waals surface area contributed by atoms with Crippen LogP contribution in [0.2, 0.25) is 0 Å². The normalized spacial score (nSPS) is 15.2. The number of furan rings is 1. The van der Waals surface area contributed by atoms with E-state index in [1.807, 2.05) is 30.3 Å². The molecule has 0 bridgehead atoms. The molecule has 19 heavy (non-hydrogen) atoms. The van der Waals surface area contributed by atoms with Crippen LogP contribution in [-0.4, -0.2) is 13.1 Å². The highest BCUT2D eigenvalue weighted by atomic mass is 16.3. The molecule has 1 aliphatic rings. The molecule has 0 N–H and O–H groups in total. The molecule has 96 valence electrons. The van der Waals surface area contributed by atoms with Crippen molar-refractivity contribution in [3.8, 4) is 17.4 Å². The Kier molecular flexibility index (Phi) is 3.24. The lowest BCUT2D eigenvalue weighted by Crippen LogP contribution is -2.29. The first-order valence-electron chi connectivity index (χ1n) is 6.71. The van der Waals surface area contributed by atoms with Crippen molar-refractivity contribution in [2.45, 2.75) is 19.3 Å². The maximum absolute atomic E-state index is 9.07. The largest absolute Gasteiger partial charge is 0.464 e. The van der Waals surface area contributed by atoms with Crippen LogP contribution >= 0.6 is 0 Å². The van der Waals surface area contributed by atoms with E-state index in [1.54, 1.807) is 6.26 Å². The van der Waals surface area contributed by atoms with Crippen molar-refractivity contribution >= 4 is 5.69 Å². The minimum atomic E-state index is 0.673. The van der Waals surface area contributed by atoms with Crippen molar-refractivity contribution in [3.63, 3.8) is 0 Å². The molecule has 0 amide bonds. The summed E-state index contributed by atoms with van der Waals surface area (Å²) in [6, 6.07) is 11.9. The average molecular weight is 252 g/mol. The topological polar surface area (TPSA) is 40.2 Å². The fourth-order valence-corrected chi connectivity index (χ4v) is 2.65. The number of nitrogens with zero attached hydrogens (tertiary/aromatic N) is 2. The van der Waals surface area contributed by atoms with Crippen LogP contribution < -0.4 is 4.90 Å². The molecule has 2 aromatic rings. The predicted octanol–water partition coefficient (Wildman–Crippen LogP) is 3.81. The van der Waals surface area contributed by atoms with Crippen LogP contribution in [0.25, 0.3) is 11.3 Å². The third-order valence-corrected chi connectivity index (χ3v) is 3.61. The molecule has 2 heterocycles. The molecule has 1 saturated heterocycles. The van der Waals surface area contributed by atoms with Crippen LogP contribution in [0, 0.1) is 11.3 Å². The summed E-state index contributed by atoms with van der Waals surface area (Å²) in [5, 5.41) is 9.07. The van der Waals surface area contributed by atoms with Crippen molar-refractivity contribution in [1.82, 2.24) is 0 Å². The molecule has 3 heteroatoms. The van der Waals surface area contributed by atoms with E-state index < -0.39 is 0 Å². The molecule has 1 fully saturated rings. The Bertz CT molecular complexity index is 590. The number of hydrogen-bond acceptors (Lipinski definition) is 3. The van der Waals surface area contributed by atoms with E-state index in [4.69, 9.17) is 9.68 Å². The van der Waals surface area contributed by atoms with E-state index in [0.29, 0.717) is 5.56 Å². The molecule has 1 aromatic carbocycles. The zero-order chi connectivity index (χ0) is 13.1. The second-order valence-electron chi connectivity index (χ2n) is 4.87. The molecule has 1 aliphatic heterocycles. The van der Waals surface area contributed by atoms with Gasteiger partial charge in [0.05, 0.1) is 17.9 Å². The van der Waals surface area contributed by atoms with Gasteiger partial charge in [-0.2, -0.15) is 5.26 Å². The van der Waals surface area contributed by atoms with Gasteiger partial charge in [0.15, 0.2) is 0 Å². The highest BCUT2D eigenvalue weighted by Gasteiger charge is 2.17. The molecular formula is C16H16N2O. The van der Waals surface area contributed by atoms with Crippen molar-refractivity contribution in [2.75, 3.05) is 18.0 Å². The van der Waals surface area contributed by atoms with Crippen molar-refractivity contribution in [2.24, 2.45) is 0 Å². The number of anilines is 1. The fraction of sp³-hybridized carbons (Fsp3) is 0.312. The zero-order valence-corrected chi connectivity index (χ0v) is 10.8. The van der Waals surface area contributed by atoms with E-state index in [2.05, 4.69) is 11.0 Å². The van der Waals surface area contributed by atoms with Crippen LogP contribution in [0.15, 0.2) is 41.0 Å². The molecular weight excluding hydrogens is 236 g/mol. The van der Waals surface area contributed by atoms with Gasteiger partial charge < -0.3 is 9.32 Å². The van der Waals surface area contributed by atoms with E-state index >= 15 is 0 Å². The lowest BCUT2D eigenvalue weighted by atomic mass is 10.0. The minimum absolute atomic E-state index is 0.673. The van der Waals surface area contributed by atoms with E-state index in [1.165, 1.54) is 24.9 Å². The van der Waals surface area contributed by atoms with Gasteiger partial charge in [-0.05, 0) is 49.6 Å². The Hall–Kier alpha value is -2.21. The van der Waals surface area contributed by atoms with Gasteiger partial charge in [-0.1, -0.05) is 0 Å². The molecule has 0 atom stereocenters. The summed E-state index contributed by atoms with van der Waals surface area (Å²) in [7, 11) is 0. The Balaban J connectivity index is 2.05. The second-order valence-corrected chi connectivity index (χ2v) is 4.87. The highest BCUT2D eigenvalue weighted by Crippen LogP contribution is 2.33. The van der Waals surface area contributed by atoms with Gasteiger partial charge in [0.1, 0.15) is 5.76 Å². The van der Waals surface area contributed by atoms with Gasteiger partial charge in [-0.15, -0.1) is 0 Å². The number of nitriles is 1. The molecule has 3 nitrogen and oxygen atoms in total. The third kappa shape index (κ3) is 2.34. The Morgan fingerprint density at radius 3 is 2.63 bits per heavy atom. The summed E-state index contributed by atoms with van der Waals surface area (Å²) in [5.41, 5.74) is 2.87. The highest BCUT2D eigenvalue weighted by molar-refractivity contribution is 5.77. The standard InChI is InChI=1S/C16H16N2O/c17-12-13-6-7-15(18-8-2-1-3-9-18)14(11-13)16-5-4-10-19-16/h4-7,10-11H,1-3,8-9H2. The first kappa shape index (κ1) is 11.9. The summed E-state index contributed by atoms with van der Waals surface area (Å²) in [6.45, 7) is 2.17. The maximum Gasteiger partial charge on any atom is 0.135 e. The van der Waals surface area contributed by atoms with E-state index in [0.717, 1.165) is 24.4 Å².